The van der Waals surface area contributed by atoms with Gasteiger partial charge in [-0.05, 0) is 74.6 Å². The molecule has 0 bridgehead atoms. The Morgan fingerprint density at radius 1 is 0.950 bits per heavy atom. The number of nitrogens with zero attached hydrogens (tertiary/aromatic N) is 2. The van der Waals surface area contributed by atoms with Gasteiger partial charge in [0.1, 0.15) is 6.04 Å². The van der Waals surface area contributed by atoms with E-state index in [0.29, 0.717) is 29.9 Å². The Labute approximate surface area is 235 Å². The van der Waals surface area contributed by atoms with E-state index in [9.17, 15) is 14.4 Å². The summed E-state index contributed by atoms with van der Waals surface area (Å²) >= 11 is 0. The van der Waals surface area contributed by atoms with Crippen molar-refractivity contribution in [3.05, 3.63) is 111 Å². The van der Waals surface area contributed by atoms with Crippen LogP contribution < -0.4 is 10.6 Å². The highest BCUT2D eigenvalue weighted by Crippen LogP contribution is 2.38. The Morgan fingerprint density at radius 2 is 1.70 bits per heavy atom. The number of anilines is 1. The predicted molar refractivity (Wildman–Crippen MR) is 157 cm³/mol. The molecule has 3 aromatic rings. The topological polar surface area (TPSA) is 81.8 Å². The fourth-order valence-electron chi connectivity index (χ4n) is 5.71. The summed E-state index contributed by atoms with van der Waals surface area (Å²) < 4.78 is 0. The molecule has 2 N–H and O–H groups in total. The van der Waals surface area contributed by atoms with Crippen LogP contribution in [0.15, 0.2) is 78.0 Å². The Bertz CT molecular complexity index is 1510. The van der Waals surface area contributed by atoms with Gasteiger partial charge in [-0.15, -0.1) is 0 Å². The van der Waals surface area contributed by atoms with Gasteiger partial charge in [-0.25, -0.2) is 4.79 Å². The largest absolute Gasteiger partial charge is 0.326 e. The average molecular weight is 537 g/mol. The molecular formula is C33H36N4O3. The second-order valence-corrected chi connectivity index (χ2v) is 10.8. The molecule has 7 nitrogen and oxygen atoms in total. The molecule has 0 spiro atoms. The van der Waals surface area contributed by atoms with Crippen LogP contribution in [-0.4, -0.2) is 46.8 Å². The highest BCUT2D eigenvalue weighted by molar-refractivity contribution is 6.05. The molecule has 5 rings (SSSR count). The Kier molecular flexibility index (Phi) is 7.48. The molecule has 2 aliphatic heterocycles. The molecule has 2 atom stereocenters. The molecule has 0 unspecified atom stereocenters. The molecule has 0 aliphatic carbocycles. The summed E-state index contributed by atoms with van der Waals surface area (Å²) in [6.07, 6.45) is 0.353. The third-order valence-electron chi connectivity index (χ3n) is 8.03. The first-order chi connectivity index (χ1) is 19.2. The summed E-state index contributed by atoms with van der Waals surface area (Å²) in [5, 5.41) is 6.12. The van der Waals surface area contributed by atoms with Crippen molar-refractivity contribution in [2.75, 3.05) is 18.4 Å². The smallest absolute Gasteiger partial charge is 0.322 e. The number of hydrogen-bond donors (Lipinski definition) is 2. The van der Waals surface area contributed by atoms with Crippen molar-refractivity contribution in [2.24, 2.45) is 0 Å². The van der Waals surface area contributed by atoms with Crippen LogP contribution in [0.2, 0.25) is 0 Å². The Morgan fingerprint density at radius 3 is 2.38 bits per heavy atom. The van der Waals surface area contributed by atoms with E-state index in [-0.39, 0.29) is 24.4 Å². The third-order valence-corrected chi connectivity index (χ3v) is 8.03. The van der Waals surface area contributed by atoms with E-state index in [2.05, 4.69) is 16.7 Å². The highest BCUT2D eigenvalue weighted by atomic mass is 16.2. The Balaban J connectivity index is 1.53. The minimum absolute atomic E-state index is 0.189. The van der Waals surface area contributed by atoms with E-state index < -0.39 is 12.1 Å². The number of urea groups is 1. The maximum Gasteiger partial charge on any atom is 0.322 e. The summed E-state index contributed by atoms with van der Waals surface area (Å²) in [6, 6.07) is 20.0. The molecule has 0 saturated carbocycles. The normalized spacial score (nSPS) is 17.6. The molecule has 0 saturated heterocycles. The van der Waals surface area contributed by atoms with Crippen molar-refractivity contribution in [3.63, 3.8) is 0 Å². The van der Waals surface area contributed by atoms with Gasteiger partial charge in [-0.2, -0.15) is 0 Å². The first kappa shape index (κ1) is 27.2. The van der Waals surface area contributed by atoms with E-state index in [1.165, 1.54) is 0 Å². The quantitative estimate of drug-likeness (QED) is 0.427. The lowest BCUT2D eigenvalue weighted by Gasteiger charge is -2.33. The number of amides is 4. The van der Waals surface area contributed by atoms with Crippen molar-refractivity contribution in [1.29, 1.82) is 0 Å². The summed E-state index contributed by atoms with van der Waals surface area (Å²) in [5.74, 6) is -0.486. The van der Waals surface area contributed by atoms with Crippen LogP contribution >= 0.6 is 0 Å². The van der Waals surface area contributed by atoms with E-state index in [4.69, 9.17) is 0 Å². The summed E-state index contributed by atoms with van der Waals surface area (Å²) in [7, 11) is 0. The lowest BCUT2D eigenvalue weighted by Crippen LogP contribution is -2.47. The van der Waals surface area contributed by atoms with Gasteiger partial charge >= 0.3 is 6.03 Å². The number of aryl methyl sites for hydroxylation is 4. The van der Waals surface area contributed by atoms with Crippen LogP contribution in [0.1, 0.15) is 46.3 Å². The Hall–Kier alpha value is -4.39. The van der Waals surface area contributed by atoms with Gasteiger partial charge in [0.25, 0.3) is 5.91 Å². The minimum Gasteiger partial charge on any atom is -0.326 e. The number of hydrogen-bond acceptors (Lipinski definition) is 3. The van der Waals surface area contributed by atoms with Crippen molar-refractivity contribution in [1.82, 2.24) is 15.1 Å². The maximum atomic E-state index is 14.3. The first-order valence-electron chi connectivity index (χ1n) is 13.8. The summed E-state index contributed by atoms with van der Waals surface area (Å²) in [6.45, 7) is 10.5. The zero-order chi connectivity index (χ0) is 28.6. The van der Waals surface area contributed by atoms with Gasteiger partial charge in [0, 0.05) is 18.7 Å². The molecule has 206 valence electrons. The van der Waals surface area contributed by atoms with Crippen LogP contribution in [0.3, 0.4) is 0 Å². The molecule has 4 amide bonds. The van der Waals surface area contributed by atoms with Gasteiger partial charge in [-0.1, -0.05) is 60.2 Å². The summed E-state index contributed by atoms with van der Waals surface area (Å²) in [4.78, 5) is 44.6. The fourth-order valence-corrected chi connectivity index (χ4v) is 5.71. The molecule has 3 aromatic carbocycles. The van der Waals surface area contributed by atoms with E-state index in [0.717, 1.165) is 33.4 Å². The van der Waals surface area contributed by atoms with Crippen molar-refractivity contribution < 1.29 is 14.4 Å². The summed E-state index contributed by atoms with van der Waals surface area (Å²) in [5.41, 5.74) is 8.05. The van der Waals surface area contributed by atoms with Crippen LogP contribution in [0.5, 0.6) is 0 Å². The first-order valence-corrected chi connectivity index (χ1v) is 13.8. The molecule has 0 aromatic heterocycles. The molecule has 2 heterocycles. The lowest BCUT2D eigenvalue weighted by molar-refractivity contribution is -0.134. The van der Waals surface area contributed by atoms with E-state index in [1.807, 2.05) is 95.3 Å². The number of rotatable bonds is 7. The second-order valence-electron chi connectivity index (χ2n) is 10.8. The van der Waals surface area contributed by atoms with Crippen LogP contribution in [0.4, 0.5) is 10.5 Å². The maximum absolute atomic E-state index is 14.3. The zero-order valence-corrected chi connectivity index (χ0v) is 23.7. The number of nitrogens with one attached hydrogen (secondary N) is 2. The molecular weight excluding hydrogens is 500 g/mol. The van der Waals surface area contributed by atoms with Gasteiger partial charge in [-0.3, -0.25) is 14.5 Å². The van der Waals surface area contributed by atoms with Gasteiger partial charge in [0.2, 0.25) is 5.91 Å². The zero-order valence-electron chi connectivity index (χ0n) is 23.7. The number of likely N-dealkylation sites (N-methyl/N-ethyl adjacent to an activating group) is 1. The van der Waals surface area contributed by atoms with Crippen LogP contribution in [0.25, 0.3) is 0 Å². The van der Waals surface area contributed by atoms with Crippen LogP contribution in [0, 0.1) is 27.7 Å². The van der Waals surface area contributed by atoms with Crippen molar-refractivity contribution >= 4 is 23.5 Å². The second kappa shape index (κ2) is 11.0. The third kappa shape index (κ3) is 5.11. The monoisotopic (exact) mass is 536 g/mol. The van der Waals surface area contributed by atoms with Gasteiger partial charge in [0.15, 0.2) is 0 Å². The van der Waals surface area contributed by atoms with E-state index >= 15 is 0 Å². The SMILES string of the molecule is CCN1C(=O)N[C@H](c2ccc(C)cc2C)C2=C1CN([C@@H](Cc1ccccc1)C(=O)Nc1ccc(C)c(C)c1)C2=O. The number of benzene rings is 3. The fraction of sp³-hybridized carbons (Fsp3) is 0.303. The highest BCUT2D eigenvalue weighted by Gasteiger charge is 2.47. The molecule has 0 fully saturated rings. The number of carbonyl (C=O) groups is 3. The predicted octanol–water partition coefficient (Wildman–Crippen LogP) is 5.35. The average Bonchev–Trinajstić information content (AvgIpc) is 3.26. The number of carbonyl (C=O) groups excluding carboxylic acids is 3. The molecule has 40 heavy (non-hydrogen) atoms. The molecule has 7 heteroatoms. The van der Waals surface area contributed by atoms with Crippen molar-refractivity contribution in [3.8, 4) is 0 Å². The van der Waals surface area contributed by atoms with Crippen LogP contribution in [-0.2, 0) is 16.0 Å². The minimum atomic E-state index is -0.768. The molecule has 0 radical (unpaired) electrons. The standard InChI is InChI=1S/C33H36N4O3/c1-6-36-28-19-37(32(39)29(28)30(35-33(36)40)26-15-12-20(2)16-23(26)5)27(18-24-10-8-7-9-11-24)31(38)34-25-14-13-21(3)22(4)17-25/h7-17,27,30H,6,18-19H2,1-5H3,(H,34,38)(H,35,40)/t27-,30+/m0/s1. The van der Waals surface area contributed by atoms with E-state index in [1.54, 1.807) is 9.80 Å². The van der Waals surface area contributed by atoms with Gasteiger partial charge in [0.05, 0.1) is 23.9 Å². The lowest BCUT2D eigenvalue weighted by atomic mass is 9.91. The molecule has 2 aliphatic rings. The van der Waals surface area contributed by atoms with Gasteiger partial charge < -0.3 is 15.5 Å². The van der Waals surface area contributed by atoms with Crippen molar-refractivity contribution in [2.45, 2.75) is 53.1 Å².